The highest BCUT2D eigenvalue weighted by Gasteiger charge is 2.07. The van der Waals surface area contributed by atoms with E-state index in [2.05, 4.69) is 33.2 Å². The van der Waals surface area contributed by atoms with Crippen molar-refractivity contribution in [2.24, 2.45) is 5.73 Å². The molecule has 0 saturated heterocycles. The van der Waals surface area contributed by atoms with E-state index in [0.29, 0.717) is 16.9 Å². The third-order valence-corrected chi connectivity index (χ3v) is 3.21. The Hall–Kier alpha value is -2.09. The van der Waals surface area contributed by atoms with Crippen molar-refractivity contribution in [1.29, 1.82) is 0 Å². The topological polar surface area (TPSA) is 84.2 Å². The van der Waals surface area contributed by atoms with E-state index >= 15 is 0 Å². The van der Waals surface area contributed by atoms with Gasteiger partial charge in [0.15, 0.2) is 0 Å². The molecule has 20 heavy (non-hydrogen) atoms. The Kier molecular flexibility index (Phi) is 4.57. The van der Waals surface area contributed by atoms with Crippen molar-refractivity contribution >= 4 is 45.9 Å². The van der Waals surface area contributed by atoms with Gasteiger partial charge in [-0.1, -0.05) is 6.07 Å². The first kappa shape index (κ1) is 14.3. The third kappa shape index (κ3) is 3.95. The number of hydrogen-bond donors (Lipinski definition) is 3. The highest BCUT2D eigenvalue weighted by atomic mass is 127. The Morgan fingerprint density at radius 3 is 2.30 bits per heavy atom. The lowest BCUT2D eigenvalue weighted by Gasteiger charge is -2.07. The molecule has 2 aromatic rings. The van der Waals surface area contributed by atoms with Crippen LogP contribution in [0.25, 0.3) is 0 Å². The van der Waals surface area contributed by atoms with Gasteiger partial charge in [-0.3, -0.25) is 4.79 Å². The molecule has 3 amide bonds. The van der Waals surface area contributed by atoms with E-state index < -0.39 is 6.03 Å². The zero-order valence-corrected chi connectivity index (χ0v) is 12.5. The lowest BCUT2D eigenvalue weighted by molar-refractivity contribution is 0.102. The molecule has 6 heteroatoms. The maximum Gasteiger partial charge on any atom is 0.316 e. The second-order valence-electron chi connectivity index (χ2n) is 4.03. The fourth-order valence-electron chi connectivity index (χ4n) is 1.62. The molecular weight excluding hydrogens is 369 g/mol. The molecule has 0 spiro atoms. The monoisotopic (exact) mass is 381 g/mol. The van der Waals surface area contributed by atoms with Crippen molar-refractivity contribution in [2.45, 2.75) is 0 Å². The summed E-state index contributed by atoms with van der Waals surface area (Å²) in [4.78, 5) is 22.9. The van der Waals surface area contributed by atoms with Gasteiger partial charge in [0.2, 0.25) is 0 Å². The summed E-state index contributed by atoms with van der Waals surface area (Å²) in [5.74, 6) is -0.251. The number of rotatable bonds is 3. The molecular formula is C14H12IN3O2. The number of halogens is 1. The summed E-state index contributed by atoms with van der Waals surface area (Å²) in [6.07, 6.45) is 0. The van der Waals surface area contributed by atoms with E-state index in [9.17, 15) is 9.59 Å². The van der Waals surface area contributed by atoms with Crippen LogP contribution in [0.15, 0.2) is 48.5 Å². The fourth-order valence-corrected chi connectivity index (χ4v) is 1.98. The van der Waals surface area contributed by atoms with Crippen LogP contribution in [-0.2, 0) is 0 Å². The van der Waals surface area contributed by atoms with E-state index in [4.69, 9.17) is 5.73 Å². The first-order valence-electron chi connectivity index (χ1n) is 5.78. The first-order valence-corrected chi connectivity index (χ1v) is 6.86. The van der Waals surface area contributed by atoms with Crippen molar-refractivity contribution in [3.8, 4) is 0 Å². The average molecular weight is 381 g/mol. The van der Waals surface area contributed by atoms with Crippen molar-refractivity contribution in [3.05, 3.63) is 57.7 Å². The lowest BCUT2D eigenvalue weighted by atomic mass is 10.2. The molecule has 0 aliphatic carbocycles. The summed E-state index contributed by atoms with van der Waals surface area (Å²) in [6, 6.07) is 13.3. The van der Waals surface area contributed by atoms with Gasteiger partial charge < -0.3 is 16.4 Å². The maximum atomic E-state index is 12.1. The minimum atomic E-state index is -0.666. The molecule has 2 rings (SSSR count). The number of benzene rings is 2. The molecule has 102 valence electrons. The number of primary amides is 1. The molecule has 0 saturated carbocycles. The predicted molar refractivity (Wildman–Crippen MR) is 86.8 cm³/mol. The summed E-state index contributed by atoms with van der Waals surface area (Å²) >= 11 is 2.19. The van der Waals surface area contributed by atoms with Gasteiger partial charge in [0, 0.05) is 20.5 Å². The first-order chi connectivity index (χ1) is 9.54. The van der Waals surface area contributed by atoms with Gasteiger partial charge in [-0.25, -0.2) is 4.79 Å². The summed E-state index contributed by atoms with van der Waals surface area (Å²) < 4.78 is 1.09. The van der Waals surface area contributed by atoms with Gasteiger partial charge in [0.05, 0.1) is 0 Å². The van der Waals surface area contributed by atoms with Crippen LogP contribution < -0.4 is 16.4 Å². The number of urea groups is 1. The molecule has 0 aromatic heterocycles. The second kappa shape index (κ2) is 6.38. The smallest absolute Gasteiger partial charge is 0.316 e. The van der Waals surface area contributed by atoms with Crippen LogP contribution in [0.2, 0.25) is 0 Å². The van der Waals surface area contributed by atoms with Crippen molar-refractivity contribution in [3.63, 3.8) is 0 Å². The van der Waals surface area contributed by atoms with Crippen molar-refractivity contribution < 1.29 is 9.59 Å². The number of carbonyl (C=O) groups is 2. The summed E-state index contributed by atoms with van der Waals surface area (Å²) in [5, 5.41) is 5.21. The largest absolute Gasteiger partial charge is 0.351 e. The molecule has 0 heterocycles. The van der Waals surface area contributed by atoms with Crippen LogP contribution in [0.4, 0.5) is 16.2 Å². The van der Waals surface area contributed by atoms with Gasteiger partial charge in [-0.15, -0.1) is 0 Å². The van der Waals surface area contributed by atoms with E-state index in [1.54, 1.807) is 24.3 Å². The van der Waals surface area contributed by atoms with E-state index in [1.807, 2.05) is 24.3 Å². The van der Waals surface area contributed by atoms with Crippen LogP contribution in [0, 0.1) is 3.57 Å². The highest BCUT2D eigenvalue weighted by molar-refractivity contribution is 14.1. The quantitative estimate of drug-likeness (QED) is 0.715. The minimum Gasteiger partial charge on any atom is -0.351 e. The fraction of sp³-hybridized carbons (Fsp3) is 0. The molecule has 5 nitrogen and oxygen atoms in total. The molecule has 0 atom stereocenters. The van der Waals surface area contributed by atoms with Crippen molar-refractivity contribution in [2.75, 3.05) is 10.6 Å². The summed E-state index contributed by atoms with van der Waals surface area (Å²) in [5.41, 5.74) is 6.67. The SMILES string of the molecule is NC(=O)Nc1cccc(C(=O)Nc2ccc(I)cc2)c1. The van der Waals surface area contributed by atoms with Crippen LogP contribution in [0.5, 0.6) is 0 Å². The number of anilines is 2. The highest BCUT2D eigenvalue weighted by Crippen LogP contribution is 2.15. The van der Waals surface area contributed by atoms with Crippen LogP contribution in [0.1, 0.15) is 10.4 Å². The van der Waals surface area contributed by atoms with Crippen molar-refractivity contribution in [1.82, 2.24) is 0 Å². The molecule has 2 aromatic carbocycles. The summed E-state index contributed by atoms with van der Waals surface area (Å²) in [7, 11) is 0. The number of hydrogen-bond acceptors (Lipinski definition) is 2. The van der Waals surface area contributed by atoms with Crippen LogP contribution >= 0.6 is 22.6 Å². The van der Waals surface area contributed by atoms with Gasteiger partial charge in [0.25, 0.3) is 5.91 Å². The molecule has 0 unspecified atom stereocenters. The van der Waals surface area contributed by atoms with E-state index in [1.165, 1.54) is 0 Å². The van der Waals surface area contributed by atoms with Gasteiger partial charge in [0.1, 0.15) is 0 Å². The standard InChI is InChI=1S/C14H12IN3O2/c15-10-4-6-11(7-5-10)17-13(19)9-2-1-3-12(8-9)18-14(16)20/h1-8H,(H,17,19)(H3,16,18,20). The molecule has 0 fully saturated rings. The van der Waals surface area contributed by atoms with E-state index in [0.717, 1.165) is 3.57 Å². The number of nitrogens with one attached hydrogen (secondary N) is 2. The van der Waals surface area contributed by atoms with Gasteiger partial charge in [-0.05, 0) is 65.1 Å². The van der Waals surface area contributed by atoms with E-state index in [-0.39, 0.29) is 5.91 Å². The zero-order valence-electron chi connectivity index (χ0n) is 10.4. The summed E-state index contributed by atoms with van der Waals surface area (Å²) in [6.45, 7) is 0. The molecule has 0 aliphatic rings. The Labute approximate surface area is 129 Å². The average Bonchev–Trinajstić information content (AvgIpc) is 2.41. The molecule has 0 bridgehead atoms. The molecule has 0 radical (unpaired) electrons. The predicted octanol–water partition coefficient (Wildman–Crippen LogP) is 3.03. The Balaban J connectivity index is 2.12. The zero-order chi connectivity index (χ0) is 14.5. The number of amides is 3. The second-order valence-corrected chi connectivity index (χ2v) is 5.28. The van der Waals surface area contributed by atoms with Gasteiger partial charge in [-0.2, -0.15) is 0 Å². The number of nitrogens with two attached hydrogens (primary N) is 1. The lowest BCUT2D eigenvalue weighted by Crippen LogP contribution is -2.19. The minimum absolute atomic E-state index is 0.251. The van der Waals surface area contributed by atoms with Crippen LogP contribution in [0.3, 0.4) is 0 Å². The Bertz CT molecular complexity index is 641. The Morgan fingerprint density at radius 1 is 0.950 bits per heavy atom. The van der Waals surface area contributed by atoms with Gasteiger partial charge >= 0.3 is 6.03 Å². The Morgan fingerprint density at radius 2 is 1.65 bits per heavy atom. The van der Waals surface area contributed by atoms with Crippen LogP contribution in [-0.4, -0.2) is 11.9 Å². The number of carbonyl (C=O) groups excluding carboxylic acids is 2. The molecule has 0 aliphatic heterocycles. The normalized spacial score (nSPS) is 9.85. The third-order valence-electron chi connectivity index (χ3n) is 2.49. The molecule has 4 N–H and O–H groups in total. The maximum absolute atomic E-state index is 12.1.